The van der Waals surface area contributed by atoms with Crippen molar-refractivity contribution in [3.63, 3.8) is 0 Å². The van der Waals surface area contributed by atoms with Crippen LogP contribution in [0.15, 0.2) is 18.2 Å². The van der Waals surface area contributed by atoms with Crippen molar-refractivity contribution in [2.75, 3.05) is 13.6 Å². The van der Waals surface area contributed by atoms with E-state index in [0.29, 0.717) is 15.8 Å². The highest BCUT2D eigenvalue weighted by molar-refractivity contribution is 6.35. The first kappa shape index (κ1) is 17.8. The summed E-state index contributed by atoms with van der Waals surface area (Å²) < 4.78 is 5.91. The molecule has 0 aromatic heterocycles. The maximum Gasteiger partial charge on any atom is 0.138 e. The van der Waals surface area contributed by atoms with Gasteiger partial charge in [0.15, 0.2) is 0 Å². The number of ether oxygens (including phenoxy) is 1. The summed E-state index contributed by atoms with van der Waals surface area (Å²) in [6.07, 6.45) is 3.30. The third-order valence-electron chi connectivity index (χ3n) is 2.51. The molecule has 0 amide bonds. The van der Waals surface area contributed by atoms with Gasteiger partial charge in [0.25, 0.3) is 0 Å². The number of benzene rings is 1. The molecule has 1 aromatic carbocycles. The van der Waals surface area contributed by atoms with E-state index in [2.05, 4.69) is 12.2 Å². The van der Waals surface area contributed by atoms with E-state index < -0.39 is 0 Å². The molecule has 0 saturated heterocycles. The van der Waals surface area contributed by atoms with Gasteiger partial charge in [-0.15, -0.1) is 12.4 Å². The van der Waals surface area contributed by atoms with Crippen molar-refractivity contribution in [2.45, 2.75) is 32.3 Å². The number of hydrogen-bond donors (Lipinski definition) is 1. The van der Waals surface area contributed by atoms with Crippen LogP contribution < -0.4 is 10.1 Å². The van der Waals surface area contributed by atoms with Gasteiger partial charge >= 0.3 is 0 Å². The van der Waals surface area contributed by atoms with Crippen molar-refractivity contribution in [3.8, 4) is 5.75 Å². The van der Waals surface area contributed by atoms with Gasteiger partial charge in [0.05, 0.1) is 11.1 Å². The third-order valence-corrected chi connectivity index (χ3v) is 3.04. The van der Waals surface area contributed by atoms with E-state index in [0.717, 1.165) is 25.8 Å². The highest BCUT2D eigenvalue weighted by atomic mass is 35.5. The second kappa shape index (κ2) is 9.74. The van der Waals surface area contributed by atoms with Crippen LogP contribution in [0.5, 0.6) is 5.75 Å². The molecule has 0 spiro atoms. The van der Waals surface area contributed by atoms with Crippen molar-refractivity contribution in [1.82, 2.24) is 5.32 Å². The molecule has 0 heterocycles. The zero-order chi connectivity index (χ0) is 12.7. The van der Waals surface area contributed by atoms with Crippen LogP contribution in [0.25, 0.3) is 0 Å². The normalized spacial score (nSPS) is 11.8. The van der Waals surface area contributed by atoms with E-state index >= 15 is 0 Å². The first-order valence-corrected chi connectivity index (χ1v) is 6.69. The molecule has 18 heavy (non-hydrogen) atoms. The minimum absolute atomic E-state index is 0. The lowest BCUT2D eigenvalue weighted by Gasteiger charge is -2.19. The Bertz CT molecular complexity index is 347. The van der Waals surface area contributed by atoms with E-state index in [1.165, 1.54) is 0 Å². The molecule has 1 N–H and O–H groups in total. The molecular weight excluding hydrogens is 293 g/mol. The Labute approximate surface area is 125 Å². The first-order valence-electron chi connectivity index (χ1n) is 5.93. The minimum atomic E-state index is 0. The van der Waals surface area contributed by atoms with Crippen LogP contribution in [-0.2, 0) is 0 Å². The summed E-state index contributed by atoms with van der Waals surface area (Å²) >= 11 is 11.9. The van der Waals surface area contributed by atoms with Crippen LogP contribution in [0, 0.1) is 0 Å². The van der Waals surface area contributed by atoms with Gasteiger partial charge in [-0.1, -0.05) is 36.5 Å². The highest BCUT2D eigenvalue weighted by Crippen LogP contribution is 2.29. The standard InChI is InChI=1S/C13H19Cl2NO.ClH/c1-3-4-11(7-8-16-2)17-13-6-5-10(14)9-12(13)15;/h5-6,9,11,16H,3-4,7-8H2,1-2H3;1H/t11-;/m0./s1. The Morgan fingerprint density at radius 2 is 2.00 bits per heavy atom. The van der Waals surface area contributed by atoms with Gasteiger partial charge in [-0.25, -0.2) is 0 Å². The van der Waals surface area contributed by atoms with E-state index in [1.807, 2.05) is 13.1 Å². The number of hydrogen-bond acceptors (Lipinski definition) is 2. The van der Waals surface area contributed by atoms with Gasteiger partial charge < -0.3 is 10.1 Å². The summed E-state index contributed by atoms with van der Waals surface area (Å²) in [5, 5.41) is 4.33. The largest absolute Gasteiger partial charge is 0.489 e. The highest BCUT2D eigenvalue weighted by Gasteiger charge is 2.11. The number of halogens is 3. The third kappa shape index (κ3) is 6.14. The summed E-state index contributed by atoms with van der Waals surface area (Å²) in [4.78, 5) is 0. The zero-order valence-corrected chi connectivity index (χ0v) is 13.0. The quantitative estimate of drug-likeness (QED) is 0.796. The Morgan fingerprint density at radius 1 is 1.28 bits per heavy atom. The Hall–Kier alpha value is -0.150. The molecule has 0 saturated carbocycles. The van der Waals surface area contributed by atoms with E-state index in [4.69, 9.17) is 27.9 Å². The van der Waals surface area contributed by atoms with Crippen molar-refractivity contribution < 1.29 is 4.74 Å². The lowest BCUT2D eigenvalue weighted by molar-refractivity contribution is 0.180. The fraction of sp³-hybridized carbons (Fsp3) is 0.538. The predicted octanol–water partition coefficient (Wildman–Crippen LogP) is 4.57. The summed E-state index contributed by atoms with van der Waals surface area (Å²) in [6.45, 7) is 3.09. The zero-order valence-electron chi connectivity index (χ0n) is 10.7. The van der Waals surface area contributed by atoms with Gasteiger partial charge in [-0.3, -0.25) is 0 Å². The SMILES string of the molecule is CCC[C@@H](CCNC)Oc1ccc(Cl)cc1Cl.Cl. The van der Waals surface area contributed by atoms with Gasteiger partial charge in [-0.05, 0) is 44.6 Å². The number of rotatable bonds is 7. The van der Waals surface area contributed by atoms with Crippen LogP contribution in [0.4, 0.5) is 0 Å². The van der Waals surface area contributed by atoms with Crippen molar-refractivity contribution in [2.24, 2.45) is 0 Å². The Kier molecular flexibility index (Phi) is 9.66. The second-order valence-electron chi connectivity index (χ2n) is 4.00. The van der Waals surface area contributed by atoms with Crippen LogP contribution in [0.2, 0.25) is 10.0 Å². The fourth-order valence-corrected chi connectivity index (χ4v) is 2.09. The Morgan fingerprint density at radius 3 is 2.56 bits per heavy atom. The molecule has 104 valence electrons. The van der Waals surface area contributed by atoms with Crippen LogP contribution >= 0.6 is 35.6 Å². The van der Waals surface area contributed by atoms with Crippen molar-refractivity contribution >= 4 is 35.6 Å². The molecule has 0 radical (unpaired) electrons. The summed E-state index contributed by atoms with van der Waals surface area (Å²) in [5.74, 6) is 0.714. The predicted molar refractivity (Wildman–Crippen MR) is 81.6 cm³/mol. The molecule has 0 fully saturated rings. The van der Waals surface area contributed by atoms with Crippen LogP contribution in [-0.4, -0.2) is 19.7 Å². The summed E-state index contributed by atoms with van der Waals surface area (Å²) in [7, 11) is 1.94. The van der Waals surface area contributed by atoms with Crippen molar-refractivity contribution in [3.05, 3.63) is 28.2 Å². The molecular formula is C13H20Cl3NO. The van der Waals surface area contributed by atoms with Crippen molar-refractivity contribution in [1.29, 1.82) is 0 Å². The minimum Gasteiger partial charge on any atom is -0.489 e. The first-order chi connectivity index (χ1) is 8.17. The topological polar surface area (TPSA) is 21.3 Å². The number of nitrogens with one attached hydrogen (secondary N) is 1. The van der Waals surface area contributed by atoms with Crippen LogP contribution in [0.3, 0.4) is 0 Å². The second-order valence-corrected chi connectivity index (χ2v) is 4.84. The van der Waals surface area contributed by atoms with Gasteiger partial charge in [-0.2, -0.15) is 0 Å². The summed E-state index contributed by atoms with van der Waals surface area (Å²) in [5.41, 5.74) is 0. The molecule has 0 unspecified atom stereocenters. The molecule has 2 nitrogen and oxygen atoms in total. The lowest BCUT2D eigenvalue weighted by atomic mass is 10.1. The molecule has 1 atom stereocenters. The van der Waals surface area contributed by atoms with E-state index in [9.17, 15) is 0 Å². The molecule has 1 rings (SSSR count). The lowest BCUT2D eigenvalue weighted by Crippen LogP contribution is -2.22. The molecule has 0 aliphatic rings. The monoisotopic (exact) mass is 311 g/mol. The smallest absolute Gasteiger partial charge is 0.138 e. The molecule has 0 aliphatic carbocycles. The maximum atomic E-state index is 6.08. The van der Waals surface area contributed by atoms with Gasteiger partial charge in [0.2, 0.25) is 0 Å². The van der Waals surface area contributed by atoms with E-state index in [-0.39, 0.29) is 18.5 Å². The van der Waals surface area contributed by atoms with Gasteiger partial charge in [0.1, 0.15) is 5.75 Å². The Balaban J connectivity index is 0.00000289. The molecule has 1 aromatic rings. The fourth-order valence-electron chi connectivity index (χ4n) is 1.64. The van der Waals surface area contributed by atoms with Gasteiger partial charge in [0, 0.05) is 5.02 Å². The average Bonchev–Trinajstić information content (AvgIpc) is 2.29. The van der Waals surface area contributed by atoms with Crippen LogP contribution in [0.1, 0.15) is 26.2 Å². The summed E-state index contributed by atoms with van der Waals surface area (Å²) in [6, 6.07) is 5.33. The maximum absolute atomic E-state index is 6.08. The molecule has 0 bridgehead atoms. The molecule has 5 heteroatoms. The molecule has 0 aliphatic heterocycles. The van der Waals surface area contributed by atoms with E-state index in [1.54, 1.807) is 12.1 Å². The average molecular weight is 313 g/mol.